The van der Waals surface area contributed by atoms with Gasteiger partial charge in [0.25, 0.3) is 0 Å². The Morgan fingerprint density at radius 3 is 2.86 bits per heavy atom. The van der Waals surface area contributed by atoms with Crippen LogP contribution in [-0.2, 0) is 8.92 Å². The Labute approximate surface area is 54.5 Å². The fraction of sp³-hybridized carbons (Fsp3) is 0.500. The molecule has 1 aliphatic rings. The lowest BCUT2D eigenvalue weighted by atomic mass is 11.4. The maximum Gasteiger partial charge on any atom is 0.366 e. The van der Waals surface area contributed by atoms with Gasteiger partial charge in [-0.05, 0) is 10.8 Å². The molecule has 0 N–H and O–H groups in total. The molecule has 0 aromatic heterocycles. The van der Waals surface area contributed by atoms with Gasteiger partial charge in [0.1, 0.15) is 11.1 Å². The van der Waals surface area contributed by atoms with Crippen molar-refractivity contribution in [1.82, 2.24) is 0 Å². The van der Waals surface area contributed by atoms with Gasteiger partial charge in [-0.3, -0.25) is 0 Å². The number of rotatable bonds is 0. The van der Waals surface area contributed by atoms with E-state index in [0.29, 0.717) is 5.94 Å². The van der Waals surface area contributed by atoms with Crippen molar-refractivity contribution < 1.29 is 8.92 Å². The van der Waals surface area contributed by atoms with E-state index in [1.165, 1.54) is 21.9 Å². The van der Waals surface area contributed by atoms with E-state index < -0.39 is 0 Å². The van der Waals surface area contributed by atoms with E-state index in [4.69, 9.17) is 4.74 Å². The second-order valence-electron chi connectivity index (χ2n) is 0.781. The first-order valence-electron chi connectivity index (χ1n) is 1.52. The van der Waals surface area contributed by atoms with Crippen LogP contribution in [0.1, 0.15) is 0 Å². The van der Waals surface area contributed by atoms with Crippen LogP contribution in [0.3, 0.4) is 0 Å². The van der Waals surface area contributed by atoms with Crippen LogP contribution < -0.4 is 0 Å². The van der Waals surface area contributed by atoms with Gasteiger partial charge >= 0.3 is 5.24 Å². The fourth-order valence-corrected chi connectivity index (χ4v) is 1.47. The van der Waals surface area contributed by atoms with Crippen LogP contribution in [0.15, 0.2) is 0 Å². The highest BCUT2D eigenvalue weighted by Crippen LogP contribution is 2.27. The van der Waals surface area contributed by atoms with Crippen LogP contribution in [0.4, 0.5) is 0 Å². The number of hydrogen-bond donors (Lipinski definition) is 0. The summed E-state index contributed by atoms with van der Waals surface area (Å²) in [6.45, 7) is 0. The summed E-state index contributed by atoms with van der Waals surface area (Å²) in [5, 5.41) is 0.240. The Bertz CT molecular complexity index is 75.0. The summed E-state index contributed by atoms with van der Waals surface area (Å²) < 4.78 is 9.40. The summed E-state index contributed by atoms with van der Waals surface area (Å²) in [6.07, 6.45) is 0. The summed E-state index contributed by atoms with van der Waals surface area (Å²) >= 11 is 5.78. The Hall–Kier alpha value is 0.390. The normalized spacial score (nSPS) is 20.3. The molecule has 0 amide bonds. The molecule has 5 heteroatoms. The van der Waals surface area contributed by atoms with Crippen LogP contribution in [0.25, 0.3) is 0 Å². The van der Waals surface area contributed by atoms with Gasteiger partial charge in [0.15, 0.2) is 5.94 Å². The van der Waals surface area contributed by atoms with Crippen molar-refractivity contribution in [3.05, 3.63) is 0 Å². The third-order valence-electron chi connectivity index (χ3n) is 0.375. The molecule has 0 saturated carbocycles. The zero-order chi connectivity index (χ0) is 5.11. The molecule has 0 aromatic rings. The Kier molecular flexibility index (Phi) is 2.08. The van der Waals surface area contributed by atoms with Crippen molar-refractivity contribution in [3.63, 3.8) is 0 Å². The Morgan fingerprint density at radius 2 is 2.57 bits per heavy atom. The van der Waals surface area contributed by atoms with Gasteiger partial charge in [-0.2, -0.15) is 0 Å². The lowest BCUT2D eigenvalue weighted by molar-refractivity contribution is 0.313. The molecule has 1 aliphatic heterocycles. The number of thiocarbonyl (C=S) groups is 1. The van der Waals surface area contributed by atoms with E-state index in [1.807, 2.05) is 0 Å². The van der Waals surface area contributed by atoms with Gasteiger partial charge in [0.05, 0.1) is 0 Å². The van der Waals surface area contributed by atoms with Crippen molar-refractivity contribution in [2.45, 2.75) is 0 Å². The second kappa shape index (κ2) is 2.64. The highest BCUT2D eigenvalue weighted by molar-refractivity contribution is 8.75. The molecule has 0 spiro atoms. The quantitative estimate of drug-likeness (QED) is 0.298. The zero-order valence-electron chi connectivity index (χ0n) is 3.25. The van der Waals surface area contributed by atoms with Crippen LogP contribution in [0.2, 0.25) is 0 Å². The van der Waals surface area contributed by atoms with Crippen LogP contribution in [-0.4, -0.2) is 11.2 Å². The molecule has 1 rings (SSSR count). The summed E-state index contributed by atoms with van der Waals surface area (Å²) in [4.78, 5) is 0. The molecular formula is C2H2O2S3. The topological polar surface area (TPSA) is 18.5 Å². The molecular weight excluding hydrogens is 152 g/mol. The van der Waals surface area contributed by atoms with Crippen LogP contribution >= 0.6 is 34.1 Å². The molecule has 0 unspecified atom stereocenters. The van der Waals surface area contributed by atoms with Crippen LogP contribution in [0, 0.1) is 0 Å². The van der Waals surface area contributed by atoms with Crippen molar-refractivity contribution in [2.24, 2.45) is 0 Å². The first kappa shape index (κ1) is 5.53. The van der Waals surface area contributed by atoms with Crippen molar-refractivity contribution >= 4 is 39.3 Å². The SMILES string of the molecule is S=C1OCSSO1. The van der Waals surface area contributed by atoms with E-state index in [9.17, 15) is 0 Å². The fourth-order valence-electron chi connectivity index (χ4n) is 0.168. The molecule has 0 aliphatic carbocycles. The van der Waals surface area contributed by atoms with Gasteiger partial charge in [0.2, 0.25) is 0 Å². The van der Waals surface area contributed by atoms with Crippen molar-refractivity contribution in [1.29, 1.82) is 0 Å². The average Bonchev–Trinajstić information content (AvgIpc) is 1.69. The standard InChI is InChI=1S/C2H2O2S3/c5-2-3-1-6-7-4-2/h1H2. The second-order valence-corrected chi connectivity index (χ2v) is 3.00. The van der Waals surface area contributed by atoms with Gasteiger partial charge in [0, 0.05) is 12.2 Å². The molecule has 0 bridgehead atoms. The average molecular weight is 154 g/mol. The minimum Gasteiger partial charge on any atom is -0.444 e. The van der Waals surface area contributed by atoms with Crippen molar-refractivity contribution in [2.75, 3.05) is 5.94 Å². The van der Waals surface area contributed by atoms with Gasteiger partial charge in [-0.25, -0.2) is 0 Å². The highest BCUT2D eigenvalue weighted by Gasteiger charge is 2.05. The first-order chi connectivity index (χ1) is 3.39. The van der Waals surface area contributed by atoms with E-state index in [-0.39, 0.29) is 5.24 Å². The summed E-state index contributed by atoms with van der Waals surface area (Å²) in [6, 6.07) is 0. The third-order valence-corrected chi connectivity index (χ3v) is 1.99. The molecule has 40 valence electrons. The maximum atomic E-state index is 4.73. The van der Waals surface area contributed by atoms with E-state index in [1.54, 1.807) is 0 Å². The Morgan fingerprint density at radius 1 is 1.71 bits per heavy atom. The summed E-state index contributed by atoms with van der Waals surface area (Å²) in [5.41, 5.74) is 0. The van der Waals surface area contributed by atoms with E-state index in [2.05, 4.69) is 16.4 Å². The van der Waals surface area contributed by atoms with Crippen LogP contribution in [0.5, 0.6) is 0 Å². The molecule has 1 fully saturated rings. The molecule has 7 heavy (non-hydrogen) atoms. The summed E-state index contributed by atoms with van der Waals surface area (Å²) in [7, 11) is 1.48. The summed E-state index contributed by atoms with van der Waals surface area (Å²) in [5.74, 6) is 0.601. The lowest BCUT2D eigenvalue weighted by Gasteiger charge is -2.09. The lowest BCUT2D eigenvalue weighted by Crippen LogP contribution is -2.04. The Balaban J connectivity index is 2.25. The van der Waals surface area contributed by atoms with E-state index in [0.717, 1.165) is 0 Å². The highest BCUT2D eigenvalue weighted by atomic mass is 33.1. The van der Waals surface area contributed by atoms with E-state index >= 15 is 0 Å². The molecule has 0 atom stereocenters. The smallest absolute Gasteiger partial charge is 0.366 e. The predicted molar refractivity (Wildman–Crippen MR) is 34.8 cm³/mol. The first-order valence-corrected chi connectivity index (χ1v) is 4.18. The number of ether oxygens (including phenoxy) is 1. The van der Waals surface area contributed by atoms with Gasteiger partial charge in [-0.15, -0.1) is 0 Å². The largest absolute Gasteiger partial charge is 0.444 e. The molecule has 0 radical (unpaired) electrons. The maximum absolute atomic E-state index is 4.73. The molecule has 0 aromatic carbocycles. The van der Waals surface area contributed by atoms with Crippen molar-refractivity contribution in [3.8, 4) is 0 Å². The zero-order valence-corrected chi connectivity index (χ0v) is 5.70. The molecule has 1 saturated heterocycles. The third kappa shape index (κ3) is 1.75. The molecule has 2 nitrogen and oxygen atoms in total. The van der Waals surface area contributed by atoms with Gasteiger partial charge < -0.3 is 8.92 Å². The van der Waals surface area contributed by atoms with Gasteiger partial charge in [-0.1, -0.05) is 0 Å². The minimum absolute atomic E-state index is 0.240. The minimum atomic E-state index is 0.240. The predicted octanol–water partition coefficient (Wildman–Crippen LogP) is 1.57. The number of hydrogen-bond acceptors (Lipinski definition) is 5. The molecule has 1 heterocycles. The monoisotopic (exact) mass is 154 g/mol.